The maximum atomic E-state index is 15.1. The molecule has 4 nitrogen and oxygen atoms in total. The Bertz CT molecular complexity index is 2380. The number of ketones is 2. The van der Waals surface area contributed by atoms with Crippen molar-refractivity contribution in [1.82, 2.24) is 0 Å². The molecule has 310 valence electrons. The average molecular weight is 823 g/mol. The summed E-state index contributed by atoms with van der Waals surface area (Å²) in [7, 11) is 0. The number of benzene rings is 6. The minimum absolute atomic E-state index is 0.00730. The van der Waals surface area contributed by atoms with Gasteiger partial charge in [-0.15, -0.1) is 0 Å². The maximum absolute atomic E-state index is 15.1. The molecule has 0 N–H and O–H groups in total. The fourth-order valence-electron chi connectivity index (χ4n) is 7.41. The smallest absolute Gasteiger partial charge is 0.411 e. The molecule has 0 radical (unpaired) electrons. The van der Waals surface area contributed by atoms with Crippen LogP contribution in [-0.4, -0.2) is 23.9 Å². The molecule has 0 saturated heterocycles. The highest BCUT2D eigenvalue weighted by Crippen LogP contribution is 2.56. The van der Waals surface area contributed by atoms with Crippen LogP contribution >= 0.6 is 0 Å². The topological polar surface area (TPSA) is 52.6 Å². The third-order valence-corrected chi connectivity index (χ3v) is 11.1. The van der Waals surface area contributed by atoms with Crippen LogP contribution < -0.4 is 9.47 Å². The van der Waals surface area contributed by atoms with Crippen LogP contribution in [0, 0.1) is 6.92 Å². The van der Waals surface area contributed by atoms with Gasteiger partial charge in [0.2, 0.25) is 5.41 Å². The molecule has 0 bridgehead atoms. The standard InChI is InChI=1S/C50H44F6O4/c1-6-47(7-2,39-20-16-37(17-21-39)45(57)35-10-8-33(5)9-11-35)60-44-30-24-41(25-31-44)48(49(51,52)53,50(54,55)56)40-22-28-43(29-23-40)59-42-26-18-38(19-27-42)46(58)36-14-12-34(13-15-36)32(3)4/h8-32H,6-7H2,1-5H3. The van der Waals surface area contributed by atoms with E-state index in [9.17, 15) is 9.59 Å². The predicted octanol–water partition coefficient (Wildman–Crippen LogP) is 13.9. The quantitative estimate of drug-likeness (QED) is 0.0811. The zero-order valence-electron chi connectivity index (χ0n) is 33.7. The van der Waals surface area contributed by atoms with Crippen LogP contribution in [0.4, 0.5) is 26.3 Å². The van der Waals surface area contributed by atoms with Crippen molar-refractivity contribution in [2.45, 2.75) is 76.7 Å². The summed E-state index contributed by atoms with van der Waals surface area (Å²) >= 11 is 0. The number of carbonyl (C=O) groups is 2. The Morgan fingerprint density at radius 3 is 1.20 bits per heavy atom. The fraction of sp³-hybridized carbons (Fsp3) is 0.240. The van der Waals surface area contributed by atoms with Crippen molar-refractivity contribution in [3.8, 4) is 17.2 Å². The summed E-state index contributed by atoms with van der Waals surface area (Å²) in [5.74, 6) is 0.211. The van der Waals surface area contributed by atoms with E-state index < -0.39 is 34.5 Å². The van der Waals surface area contributed by atoms with Crippen molar-refractivity contribution in [3.05, 3.63) is 196 Å². The molecule has 0 atom stereocenters. The molecule has 0 saturated carbocycles. The summed E-state index contributed by atoms with van der Waals surface area (Å²) in [4.78, 5) is 26.1. The van der Waals surface area contributed by atoms with Crippen molar-refractivity contribution >= 4 is 11.6 Å². The van der Waals surface area contributed by atoms with E-state index in [4.69, 9.17) is 9.47 Å². The van der Waals surface area contributed by atoms with Crippen molar-refractivity contribution < 1.29 is 45.4 Å². The molecule has 0 spiro atoms. The Morgan fingerprint density at radius 1 is 0.483 bits per heavy atom. The molecular formula is C50H44F6O4. The number of rotatable bonds is 14. The van der Waals surface area contributed by atoms with Gasteiger partial charge in [-0.2, -0.15) is 26.3 Å². The van der Waals surface area contributed by atoms with Crippen LogP contribution in [0.5, 0.6) is 17.2 Å². The lowest BCUT2D eigenvalue weighted by Crippen LogP contribution is -2.54. The number of hydrogen-bond donors (Lipinski definition) is 0. The van der Waals surface area contributed by atoms with Gasteiger partial charge in [0, 0.05) is 22.3 Å². The van der Waals surface area contributed by atoms with Crippen LogP contribution in [0.15, 0.2) is 146 Å². The van der Waals surface area contributed by atoms with Gasteiger partial charge in [-0.1, -0.05) is 130 Å². The Hall–Kier alpha value is -6.16. The first-order valence-electron chi connectivity index (χ1n) is 19.6. The van der Waals surface area contributed by atoms with Crippen molar-refractivity contribution in [3.63, 3.8) is 0 Å². The second-order valence-electron chi connectivity index (χ2n) is 15.1. The molecule has 0 aromatic heterocycles. The zero-order chi connectivity index (χ0) is 43.5. The highest BCUT2D eigenvalue weighted by atomic mass is 19.4. The van der Waals surface area contributed by atoms with Gasteiger partial charge in [0.15, 0.2) is 11.6 Å². The van der Waals surface area contributed by atoms with Crippen LogP contribution in [0.2, 0.25) is 0 Å². The number of carbonyl (C=O) groups excluding carboxylic acids is 2. The predicted molar refractivity (Wildman–Crippen MR) is 220 cm³/mol. The van der Waals surface area contributed by atoms with Gasteiger partial charge in [0.25, 0.3) is 0 Å². The molecule has 0 amide bonds. The van der Waals surface area contributed by atoms with Gasteiger partial charge in [0.1, 0.15) is 22.8 Å². The Morgan fingerprint density at radius 2 is 0.817 bits per heavy atom. The maximum Gasteiger partial charge on any atom is 0.411 e. The summed E-state index contributed by atoms with van der Waals surface area (Å²) < 4.78 is 102. The molecule has 60 heavy (non-hydrogen) atoms. The zero-order valence-corrected chi connectivity index (χ0v) is 33.7. The Balaban J connectivity index is 1.23. The Labute approximate surface area is 345 Å². The number of aryl methyl sites for hydroxylation is 1. The van der Waals surface area contributed by atoms with E-state index >= 15 is 26.3 Å². The number of alkyl halides is 6. The SMILES string of the molecule is CCC(CC)(Oc1ccc(C(c2ccc(Oc3ccc(C(=O)c4ccc(C(C)C)cc4)cc3)cc2)(C(F)(F)F)C(F)(F)F)cc1)c1ccc(C(=O)c2ccc(C)cc2)cc1. The van der Waals surface area contributed by atoms with E-state index in [2.05, 4.69) is 0 Å². The Kier molecular flexibility index (Phi) is 12.5. The van der Waals surface area contributed by atoms with Gasteiger partial charge < -0.3 is 9.47 Å². The van der Waals surface area contributed by atoms with Crippen LogP contribution in [0.3, 0.4) is 0 Å². The van der Waals surface area contributed by atoms with E-state index in [1.165, 1.54) is 24.3 Å². The largest absolute Gasteiger partial charge is 0.483 e. The average Bonchev–Trinajstić information content (AvgIpc) is 3.23. The van der Waals surface area contributed by atoms with E-state index in [0.29, 0.717) is 46.6 Å². The lowest BCUT2D eigenvalue weighted by Gasteiger charge is -2.38. The van der Waals surface area contributed by atoms with Crippen molar-refractivity contribution in [1.29, 1.82) is 0 Å². The lowest BCUT2D eigenvalue weighted by atomic mass is 9.73. The van der Waals surface area contributed by atoms with Gasteiger partial charge >= 0.3 is 12.4 Å². The minimum Gasteiger partial charge on any atom is -0.483 e. The highest BCUT2D eigenvalue weighted by Gasteiger charge is 2.72. The third kappa shape index (κ3) is 8.60. The summed E-state index contributed by atoms with van der Waals surface area (Å²) in [5.41, 5.74) is -2.83. The van der Waals surface area contributed by atoms with Crippen molar-refractivity contribution in [2.24, 2.45) is 0 Å². The summed E-state index contributed by atoms with van der Waals surface area (Å²) in [6.07, 6.45) is -10.8. The second kappa shape index (κ2) is 17.2. The first-order chi connectivity index (χ1) is 28.4. The first-order valence-corrected chi connectivity index (χ1v) is 19.6. The molecule has 0 unspecified atom stereocenters. The summed E-state index contributed by atoms with van der Waals surface area (Å²) in [6.45, 7) is 9.74. The number of hydrogen-bond acceptors (Lipinski definition) is 4. The van der Waals surface area contributed by atoms with Crippen LogP contribution in [0.1, 0.15) is 106 Å². The molecule has 0 aliphatic carbocycles. The number of halogens is 6. The second-order valence-corrected chi connectivity index (χ2v) is 15.1. The summed E-state index contributed by atoms with van der Waals surface area (Å²) in [5, 5.41) is 0. The molecule has 6 rings (SSSR count). The first kappa shape index (κ1) is 43.4. The van der Waals surface area contributed by atoms with E-state index in [1.807, 2.05) is 58.9 Å². The van der Waals surface area contributed by atoms with Gasteiger partial charge in [-0.05, 0) is 96.5 Å². The van der Waals surface area contributed by atoms with Gasteiger partial charge in [0.05, 0.1) is 0 Å². The normalized spacial score (nSPS) is 12.3. The van der Waals surface area contributed by atoms with Crippen LogP contribution in [0.25, 0.3) is 0 Å². The van der Waals surface area contributed by atoms with E-state index in [0.717, 1.165) is 59.7 Å². The molecule has 6 aromatic carbocycles. The summed E-state index contributed by atoms with van der Waals surface area (Å²) in [6, 6.07) is 34.8. The van der Waals surface area contributed by atoms with Crippen LogP contribution in [-0.2, 0) is 11.0 Å². The van der Waals surface area contributed by atoms with E-state index in [-0.39, 0.29) is 28.8 Å². The van der Waals surface area contributed by atoms with Crippen molar-refractivity contribution in [2.75, 3.05) is 0 Å². The molecular weight excluding hydrogens is 779 g/mol. The fourth-order valence-corrected chi connectivity index (χ4v) is 7.41. The molecule has 0 aliphatic heterocycles. The van der Waals surface area contributed by atoms with E-state index in [1.54, 1.807) is 48.5 Å². The minimum atomic E-state index is -5.80. The lowest BCUT2D eigenvalue weighted by molar-refractivity contribution is -0.288. The molecule has 10 heteroatoms. The monoisotopic (exact) mass is 822 g/mol. The van der Waals surface area contributed by atoms with Gasteiger partial charge in [-0.3, -0.25) is 9.59 Å². The van der Waals surface area contributed by atoms with Gasteiger partial charge in [-0.25, -0.2) is 0 Å². The third-order valence-electron chi connectivity index (χ3n) is 11.1. The molecule has 6 aromatic rings. The molecule has 0 fully saturated rings. The number of ether oxygens (including phenoxy) is 2. The highest BCUT2D eigenvalue weighted by molar-refractivity contribution is 6.09. The molecule has 0 heterocycles. The molecule has 0 aliphatic rings.